The highest BCUT2D eigenvalue weighted by atomic mass is 16.1. The second-order valence-corrected chi connectivity index (χ2v) is 6.26. The van der Waals surface area contributed by atoms with E-state index in [0.29, 0.717) is 5.82 Å². The first-order valence-electron chi connectivity index (χ1n) is 8.63. The lowest BCUT2D eigenvalue weighted by atomic mass is 10.0. The smallest absolute Gasteiger partial charge is 0.227 e. The van der Waals surface area contributed by atoms with E-state index in [-0.39, 0.29) is 11.8 Å². The Bertz CT molecular complexity index is 708. The van der Waals surface area contributed by atoms with Crippen LogP contribution >= 0.6 is 0 Å². The standard InChI is InChI=1S/C19H27N5O/c1-6-14(7-2)19(25)23-16-10-8-15(9-11-16)22-17-12-18(24(4)5)21-13(3)20-17/h8-12,14H,6-7H2,1-5H3,(H,23,25)(H,20,21,22). The Labute approximate surface area is 149 Å². The van der Waals surface area contributed by atoms with E-state index in [1.807, 2.05) is 70.1 Å². The molecule has 0 atom stereocenters. The molecule has 2 N–H and O–H groups in total. The van der Waals surface area contributed by atoms with Crippen LogP contribution in [0.1, 0.15) is 32.5 Å². The third-order valence-electron chi connectivity index (χ3n) is 4.06. The van der Waals surface area contributed by atoms with Gasteiger partial charge in [0.2, 0.25) is 5.91 Å². The largest absolute Gasteiger partial charge is 0.363 e. The molecule has 0 aliphatic carbocycles. The minimum Gasteiger partial charge on any atom is -0.363 e. The van der Waals surface area contributed by atoms with Crippen molar-refractivity contribution in [3.05, 3.63) is 36.2 Å². The molecule has 0 saturated carbocycles. The summed E-state index contributed by atoms with van der Waals surface area (Å²) in [4.78, 5) is 22.9. The maximum atomic E-state index is 12.1. The molecule has 0 bridgehead atoms. The summed E-state index contributed by atoms with van der Waals surface area (Å²) >= 11 is 0. The molecular formula is C19H27N5O. The highest BCUT2D eigenvalue weighted by Crippen LogP contribution is 2.21. The van der Waals surface area contributed by atoms with E-state index in [1.54, 1.807) is 0 Å². The second-order valence-electron chi connectivity index (χ2n) is 6.26. The number of nitrogens with zero attached hydrogens (tertiary/aromatic N) is 3. The van der Waals surface area contributed by atoms with Gasteiger partial charge in [0, 0.05) is 37.5 Å². The monoisotopic (exact) mass is 341 g/mol. The Morgan fingerprint density at radius 1 is 1.08 bits per heavy atom. The van der Waals surface area contributed by atoms with E-state index in [2.05, 4.69) is 20.6 Å². The van der Waals surface area contributed by atoms with Crippen LogP contribution in [-0.2, 0) is 4.79 Å². The summed E-state index contributed by atoms with van der Waals surface area (Å²) in [5.41, 5.74) is 1.71. The van der Waals surface area contributed by atoms with Gasteiger partial charge in [-0.25, -0.2) is 9.97 Å². The van der Waals surface area contributed by atoms with Crippen molar-refractivity contribution in [3.63, 3.8) is 0 Å². The summed E-state index contributed by atoms with van der Waals surface area (Å²) in [5.74, 6) is 2.44. The molecule has 6 nitrogen and oxygen atoms in total. The Hall–Kier alpha value is -2.63. The van der Waals surface area contributed by atoms with Gasteiger partial charge in [0.25, 0.3) is 0 Å². The van der Waals surface area contributed by atoms with Crippen molar-refractivity contribution in [2.24, 2.45) is 5.92 Å². The van der Waals surface area contributed by atoms with E-state index < -0.39 is 0 Å². The van der Waals surface area contributed by atoms with E-state index >= 15 is 0 Å². The molecule has 134 valence electrons. The molecule has 0 aliphatic heterocycles. The fraction of sp³-hybridized carbons (Fsp3) is 0.421. The number of carbonyl (C=O) groups is 1. The molecule has 6 heteroatoms. The van der Waals surface area contributed by atoms with Crippen LogP contribution in [-0.4, -0.2) is 30.0 Å². The zero-order chi connectivity index (χ0) is 18.4. The van der Waals surface area contributed by atoms with Gasteiger partial charge >= 0.3 is 0 Å². The highest BCUT2D eigenvalue weighted by molar-refractivity contribution is 5.92. The Morgan fingerprint density at radius 2 is 1.68 bits per heavy atom. The second kappa shape index (κ2) is 8.46. The van der Waals surface area contributed by atoms with Gasteiger partial charge in [-0.3, -0.25) is 4.79 Å². The number of amides is 1. The van der Waals surface area contributed by atoms with Crippen molar-refractivity contribution in [2.75, 3.05) is 29.6 Å². The summed E-state index contributed by atoms with van der Waals surface area (Å²) < 4.78 is 0. The number of benzene rings is 1. The van der Waals surface area contributed by atoms with Crippen LogP contribution in [0.3, 0.4) is 0 Å². The van der Waals surface area contributed by atoms with Crippen LogP contribution in [0.2, 0.25) is 0 Å². The van der Waals surface area contributed by atoms with Crippen LogP contribution < -0.4 is 15.5 Å². The Kier molecular flexibility index (Phi) is 6.33. The van der Waals surface area contributed by atoms with Crippen molar-refractivity contribution in [1.82, 2.24) is 9.97 Å². The van der Waals surface area contributed by atoms with E-state index in [0.717, 1.165) is 35.9 Å². The van der Waals surface area contributed by atoms with Gasteiger partial charge in [0.1, 0.15) is 17.5 Å². The summed E-state index contributed by atoms with van der Waals surface area (Å²) in [6.07, 6.45) is 1.70. The summed E-state index contributed by atoms with van der Waals surface area (Å²) in [5, 5.41) is 6.24. The molecule has 1 aromatic heterocycles. The number of carbonyl (C=O) groups excluding carboxylic acids is 1. The third kappa shape index (κ3) is 5.17. The molecule has 0 aliphatic rings. The van der Waals surface area contributed by atoms with Crippen LogP contribution in [0.15, 0.2) is 30.3 Å². The maximum Gasteiger partial charge on any atom is 0.227 e. The molecule has 1 heterocycles. The first-order chi connectivity index (χ1) is 11.9. The zero-order valence-electron chi connectivity index (χ0n) is 15.6. The van der Waals surface area contributed by atoms with Crippen LogP contribution in [0, 0.1) is 12.8 Å². The van der Waals surface area contributed by atoms with Crippen LogP contribution in [0.25, 0.3) is 0 Å². The minimum atomic E-state index is 0.0613. The number of hydrogen-bond acceptors (Lipinski definition) is 5. The molecule has 1 aromatic carbocycles. The minimum absolute atomic E-state index is 0.0613. The average Bonchev–Trinajstić information content (AvgIpc) is 2.57. The number of nitrogens with one attached hydrogen (secondary N) is 2. The molecule has 0 fully saturated rings. The highest BCUT2D eigenvalue weighted by Gasteiger charge is 2.14. The Balaban J connectivity index is 2.07. The molecule has 1 amide bonds. The normalized spacial score (nSPS) is 10.6. The molecule has 2 rings (SSSR count). The third-order valence-corrected chi connectivity index (χ3v) is 4.06. The van der Waals surface area contributed by atoms with Gasteiger partial charge in [-0.05, 0) is 44.0 Å². The summed E-state index contributed by atoms with van der Waals surface area (Å²) in [7, 11) is 3.89. The van der Waals surface area contributed by atoms with E-state index in [1.165, 1.54) is 0 Å². The van der Waals surface area contributed by atoms with Crippen molar-refractivity contribution >= 4 is 28.9 Å². The van der Waals surface area contributed by atoms with Crippen molar-refractivity contribution in [1.29, 1.82) is 0 Å². The lowest BCUT2D eigenvalue weighted by Gasteiger charge is -2.15. The van der Waals surface area contributed by atoms with Crippen molar-refractivity contribution < 1.29 is 4.79 Å². The molecule has 0 radical (unpaired) electrons. The van der Waals surface area contributed by atoms with Crippen LogP contribution in [0.4, 0.5) is 23.0 Å². The number of aryl methyl sites for hydroxylation is 1. The molecule has 2 aromatic rings. The van der Waals surface area contributed by atoms with Gasteiger partial charge in [0.05, 0.1) is 0 Å². The van der Waals surface area contributed by atoms with Crippen molar-refractivity contribution in [3.8, 4) is 0 Å². The first-order valence-corrected chi connectivity index (χ1v) is 8.63. The predicted octanol–water partition coefficient (Wildman–Crippen LogP) is 3.97. The molecular weight excluding hydrogens is 314 g/mol. The van der Waals surface area contributed by atoms with Crippen LogP contribution in [0.5, 0.6) is 0 Å². The van der Waals surface area contributed by atoms with Gasteiger partial charge in [0.15, 0.2) is 0 Å². The predicted molar refractivity (Wildman–Crippen MR) is 104 cm³/mol. The quantitative estimate of drug-likeness (QED) is 0.797. The molecule has 25 heavy (non-hydrogen) atoms. The number of rotatable bonds is 7. The zero-order valence-corrected chi connectivity index (χ0v) is 15.6. The lowest BCUT2D eigenvalue weighted by molar-refractivity contribution is -0.120. The maximum absolute atomic E-state index is 12.1. The molecule has 0 spiro atoms. The molecule has 0 unspecified atom stereocenters. The SMILES string of the molecule is CCC(CC)C(=O)Nc1ccc(Nc2cc(N(C)C)nc(C)n2)cc1. The van der Waals surface area contributed by atoms with E-state index in [4.69, 9.17) is 0 Å². The van der Waals surface area contributed by atoms with Gasteiger partial charge in [-0.2, -0.15) is 0 Å². The average molecular weight is 341 g/mol. The fourth-order valence-electron chi connectivity index (χ4n) is 2.53. The van der Waals surface area contributed by atoms with Gasteiger partial charge in [-0.15, -0.1) is 0 Å². The van der Waals surface area contributed by atoms with Gasteiger partial charge in [-0.1, -0.05) is 13.8 Å². The summed E-state index contributed by atoms with van der Waals surface area (Å²) in [6.45, 7) is 5.94. The topological polar surface area (TPSA) is 70.2 Å². The number of aromatic nitrogens is 2. The fourth-order valence-corrected chi connectivity index (χ4v) is 2.53. The van der Waals surface area contributed by atoms with E-state index in [9.17, 15) is 4.79 Å². The van der Waals surface area contributed by atoms with Gasteiger partial charge < -0.3 is 15.5 Å². The summed E-state index contributed by atoms with van der Waals surface area (Å²) in [6, 6.07) is 9.54. The van der Waals surface area contributed by atoms with Crippen molar-refractivity contribution in [2.45, 2.75) is 33.6 Å². The Morgan fingerprint density at radius 3 is 2.24 bits per heavy atom. The first kappa shape index (κ1) is 18.7. The lowest BCUT2D eigenvalue weighted by Crippen LogP contribution is -2.21. The number of anilines is 4. The molecule has 0 saturated heterocycles. The number of hydrogen-bond donors (Lipinski definition) is 2.